The number of aliphatic carboxylic acids is 1. The van der Waals surface area contributed by atoms with Crippen molar-refractivity contribution in [1.29, 1.82) is 0 Å². The second-order valence-electron chi connectivity index (χ2n) is 5.55. The fraction of sp³-hybridized carbons (Fsp3) is 0.353. The highest BCUT2D eigenvalue weighted by Gasteiger charge is 2.35. The van der Waals surface area contributed by atoms with Gasteiger partial charge >= 0.3 is 5.97 Å². The van der Waals surface area contributed by atoms with Crippen molar-refractivity contribution in [1.82, 2.24) is 10.3 Å². The maximum atomic E-state index is 12.2. The molecule has 1 aromatic heterocycles. The molecule has 1 aromatic carbocycles. The first-order valence-electron chi connectivity index (χ1n) is 7.49. The zero-order chi connectivity index (χ0) is 16.9. The van der Waals surface area contributed by atoms with E-state index in [0.29, 0.717) is 10.4 Å². The molecule has 0 fully saturated rings. The zero-order valence-electron chi connectivity index (χ0n) is 13.2. The third-order valence-electron chi connectivity index (χ3n) is 3.73. The Morgan fingerprint density at radius 2 is 2.00 bits per heavy atom. The maximum Gasteiger partial charge on any atom is 0.315 e. The lowest BCUT2D eigenvalue weighted by Gasteiger charge is -2.25. The van der Waals surface area contributed by atoms with Crippen LogP contribution in [0.25, 0.3) is 0 Å². The second-order valence-corrected chi connectivity index (χ2v) is 6.67. The smallest absolute Gasteiger partial charge is 0.315 e. The van der Waals surface area contributed by atoms with Crippen LogP contribution < -0.4 is 5.32 Å². The summed E-state index contributed by atoms with van der Waals surface area (Å²) in [4.78, 5) is 28.6. The SMILES string of the molecule is CCCc1ncc(C(=O)NCC(C)(C(=O)O)c2ccccc2)s1. The summed E-state index contributed by atoms with van der Waals surface area (Å²) >= 11 is 1.35. The molecule has 0 aliphatic rings. The molecule has 5 nitrogen and oxygen atoms in total. The molecule has 0 saturated heterocycles. The molecule has 0 spiro atoms. The minimum atomic E-state index is -1.17. The summed E-state index contributed by atoms with van der Waals surface area (Å²) in [7, 11) is 0. The highest BCUT2D eigenvalue weighted by molar-refractivity contribution is 7.13. The number of hydrogen-bond acceptors (Lipinski definition) is 4. The molecule has 1 unspecified atom stereocenters. The predicted octanol–water partition coefficient (Wildman–Crippen LogP) is 2.87. The van der Waals surface area contributed by atoms with E-state index in [1.54, 1.807) is 37.4 Å². The Kier molecular flexibility index (Phi) is 5.50. The van der Waals surface area contributed by atoms with Crippen LogP contribution in [0.2, 0.25) is 0 Å². The molecule has 2 aromatic rings. The van der Waals surface area contributed by atoms with E-state index in [9.17, 15) is 14.7 Å². The van der Waals surface area contributed by atoms with Gasteiger partial charge in [-0.3, -0.25) is 9.59 Å². The lowest BCUT2D eigenvalue weighted by molar-refractivity contribution is -0.142. The van der Waals surface area contributed by atoms with Gasteiger partial charge in [-0.1, -0.05) is 37.3 Å². The molecule has 1 heterocycles. The Morgan fingerprint density at radius 3 is 2.61 bits per heavy atom. The molecule has 1 amide bonds. The van der Waals surface area contributed by atoms with E-state index in [0.717, 1.165) is 17.8 Å². The third kappa shape index (κ3) is 3.96. The first-order chi connectivity index (χ1) is 11.0. The van der Waals surface area contributed by atoms with Crippen LogP contribution in [0, 0.1) is 0 Å². The first-order valence-corrected chi connectivity index (χ1v) is 8.31. The van der Waals surface area contributed by atoms with Gasteiger partial charge in [0.1, 0.15) is 10.3 Å². The largest absolute Gasteiger partial charge is 0.481 e. The van der Waals surface area contributed by atoms with E-state index < -0.39 is 11.4 Å². The molecule has 0 aliphatic carbocycles. The Labute approximate surface area is 139 Å². The van der Waals surface area contributed by atoms with Crippen LogP contribution in [-0.4, -0.2) is 28.5 Å². The van der Waals surface area contributed by atoms with Gasteiger partial charge in [0, 0.05) is 6.54 Å². The van der Waals surface area contributed by atoms with Gasteiger partial charge in [-0.05, 0) is 25.3 Å². The average molecular weight is 332 g/mol. The first kappa shape index (κ1) is 17.1. The van der Waals surface area contributed by atoms with Crippen molar-refractivity contribution in [3.63, 3.8) is 0 Å². The van der Waals surface area contributed by atoms with E-state index in [2.05, 4.69) is 17.2 Å². The summed E-state index contributed by atoms with van der Waals surface area (Å²) in [6.07, 6.45) is 3.36. The topological polar surface area (TPSA) is 79.3 Å². The van der Waals surface area contributed by atoms with Crippen molar-refractivity contribution in [3.8, 4) is 0 Å². The number of carboxylic acid groups (broad SMARTS) is 1. The lowest BCUT2D eigenvalue weighted by atomic mass is 9.82. The summed E-state index contributed by atoms with van der Waals surface area (Å²) in [6, 6.07) is 8.92. The number of nitrogens with one attached hydrogen (secondary N) is 1. The van der Waals surface area contributed by atoms with Crippen molar-refractivity contribution in [2.24, 2.45) is 0 Å². The van der Waals surface area contributed by atoms with Gasteiger partial charge in [0.25, 0.3) is 5.91 Å². The monoisotopic (exact) mass is 332 g/mol. The number of hydrogen-bond donors (Lipinski definition) is 2. The summed E-state index contributed by atoms with van der Waals surface area (Å²) in [5.74, 6) is -1.26. The van der Waals surface area contributed by atoms with Gasteiger partial charge in [-0.15, -0.1) is 11.3 Å². The van der Waals surface area contributed by atoms with Gasteiger partial charge in [-0.2, -0.15) is 0 Å². The number of benzene rings is 1. The number of carbonyl (C=O) groups is 2. The Hall–Kier alpha value is -2.21. The van der Waals surface area contributed by atoms with Crippen molar-refractivity contribution >= 4 is 23.2 Å². The van der Waals surface area contributed by atoms with Crippen LogP contribution in [0.4, 0.5) is 0 Å². The van der Waals surface area contributed by atoms with Crippen LogP contribution in [0.15, 0.2) is 36.5 Å². The highest BCUT2D eigenvalue weighted by atomic mass is 32.1. The van der Waals surface area contributed by atoms with Crippen LogP contribution in [0.1, 0.15) is 40.5 Å². The summed E-state index contributed by atoms with van der Waals surface area (Å²) < 4.78 is 0. The number of nitrogens with zero attached hydrogens (tertiary/aromatic N) is 1. The standard InChI is InChI=1S/C17H20N2O3S/c1-3-7-14-18-10-13(23-14)15(20)19-11-17(2,16(21)22)12-8-5-4-6-9-12/h4-6,8-10H,3,7,11H2,1-2H3,(H,19,20)(H,21,22). The Balaban J connectivity index is 2.09. The molecule has 2 N–H and O–H groups in total. The van der Waals surface area contributed by atoms with E-state index in [4.69, 9.17) is 0 Å². The number of carboxylic acids is 1. The molecule has 23 heavy (non-hydrogen) atoms. The molecule has 0 saturated carbocycles. The van der Waals surface area contributed by atoms with Gasteiger partial charge in [0.05, 0.1) is 11.2 Å². The Bertz CT molecular complexity index is 684. The maximum absolute atomic E-state index is 12.2. The Morgan fingerprint density at radius 1 is 1.30 bits per heavy atom. The number of carbonyl (C=O) groups excluding carboxylic acids is 1. The fourth-order valence-electron chi connectivity index (χ4n) is 2.20. The lowest BCUT2D eigenvalue weighted by Crippen LogP contribution is -2.44. The van der Waals surface area contributed by atoms with Crippen molar-refractivity contribution in [2.45, 2.75) is 32.1 Å². The molecular formula is C17H20N2O3S. The minimum Gasteiger partial charge on any atom is -0.481 e. The molecule has 0 radical (unpaired) electrons. The molecule has 1 atom stereocenters. The quantitative estimate of drug-likeness (QED) is 0.817. The van der Waals surface area contributed by atoms with Crippen molar-refractivity contribution in [3.05, 3.63) is 52.0 Å². The number of rotatable bonds is 7. The normalized spacial score (nSPS) is 13.3. The predicted molar refractivity (Wildman–Crippen MR) is 89.9 cm³/mol. The number of amides is 1. The summed E-state index contributed by atoms with van der Waals surface area (Å²) in [6.45, 7) is 3.69. The number of aryl methyl sites for hydroxylation is 1. The minimum absolute atomic E-state index is 0.0200. The van der Waals surface area contributed by atoms with Crippen LogP contribution >= 0.6 is 11.3 Å². The average Bonchev–Trinajstić information content (AvgIpc) is 3.02. The molecule has 122 valence electrons. The van der Waals surface area contributed by atoms with Gasteiger partial charge < -0.3 is 10.4 Å². The molecule has 2 rings (SSSR count). The van der Waals surface area contributed by atoms with Crippen LogP contribution in [-0.2, 0) is 16.6 Å². The molecule has 0 aliphatic heterocycles. The summed E-state index contributed by atoms with van der Waals surface area (Å²) in [5.41, 5.74) is -0.516. The zero-order valence-corrected chi connectivity index (χ0v) is 14.0. The van der Waals surface area contributed by atoms with Crippen molar-refractivity contribution in [2.75, 3.05) is 6.54 Å². The molecule has 0 bridgehead atoms. The molecule has 6 heteroatoms. The van der Waals surface area contributed by atoms with Crippen molar-refractivity contribution < 1.29 is 14.7 Å². The fourth-order valence-corrected chi connectivity index (χ4v) is 3.13. The second kappa shape index (κ2) is 7.37. The highest BCUT2D eigenvalue weighted by Crippen LogP contribution is 2.23. The summed E-state index contributed by atoms with van der Waals surface area (Å²) in [5, 5.41) is 13.2. The van der Waals surface area contributed by atoms with Gasteiger partial charge in [0.15, 0.2) is 0 Å². The number of aromatic nitrogens is 1. The van der Waals surface area contributed by atoms with Crippen LogP contribution in [0.3, 0.4) is 0 Å². The van der Waals surface area contributed by atoms with Gasteiger partial charge in [0.2, 0.25) is 0 Å². The van der Waals surface area contributed by atoms with E-state index in [1.807, 2.05) is 6.07 Å². The van der Waals surface area contributed by atoms with E-state index in [-0.39, 0.29) is 12.5 Å². The van der Waals surface area contributed by atoms with Crippen LogP contribution in [0.5, 0.6) is 0 Å². The van der Waals surface area contributed by atoms with Gasteiger partial charge in [-0.25, -0.2) is 4.98 Å². The van der Waals surface area contributed by atoms with E-state index >= 15 is 0 Å². The number of thiazole rings is 1. The third-order valence-corrected chi connectivity index (χ3v) is 4.78. The van der Waals surface area contributed by atoms with E-state index in [1.165, 1.54) is 11.3 Å². The molecular weight excluding hydrogens is 312 g/mol.